The molecule has 0 aliphatic carbocycles. The van der Waals surface area contributed by atoms with E-state index in [-0.39, 0.29) is 17.4 Å². The minimum Gasteiger partial charge on any atom is -0.330 e. The van der Waals surface area contributed by atoms with Gasteiger partial charge in [-0.3, -0.25) is 0 Å². The maximum atomic E-state index is 13.8. The molecule has 0 bridgehead atoms. The van der Waals surface area contributed by atoms with E-state index in [1.165, 1.54) is 6.07 Å². The molecule has 1 aromatic rings. The first-order chi connectivity index (χ1) is 7.83. The van der Waals surface area contributed by atoms with Crippen molar-refractivity contribution < 1.29 is 8.78 Å². The molecule has 0 aromatic heterocycles. The third-order valence-corrected chi connectivity index (χ3v) is 3.14. The van der Waals surface area contributed by atoms with Gasteiger partial charge in [-0.1, -0.05) is 45.4 Å². The third-order valence-electron chi connectivity index (χ3n) is 3.14. The van der Waals surface area contributed by atoms with Crippen LogP contribution in [0, 0.1) is 0 Å². The first-order valence-electron chi connectivity index (χ1n) is 6.02. The minimum atomic E-state index is -2.74. The molecule has 1 aromatic carbocycles. The van der Waals surface area contributed by atoms with Crippen molar-refractivity contribution in [2.75, 3.05) is 6.54 Å². The second-order valence-corrected chi connectivity index (χ2v) is 5.12. The maximum Gasteiger partial charge on any atom is 0.273 e. The van der Waals surface area contributed by atoms with Crippen molar-refractivity contribution in [3.63, 3.8) is 0 Å². The number of alkyl halides is 2. The first kappa shape index (κ1) is 14.1. The molecule has 1 nitrogen and oxygen atoms in total. The lowest BCUT2D eigenvalue weighted by atomic mass is 9.83. The van der Waals surface area contributed by atoms with Crippen LogP contribution in [0.25, 0.3) is 0 Å². The predicted molar refractivity (Wildman–Crippen MR) is 67.3 cm³/mol. The van der Waals surface area contributed by atoms with Crippen LogP contribution >= 0.6 is 0 Å². The molecule has 96 valence electrons. The summed E-state index contributed by atoms with van der Waals surface area (Å²) in [5.74, 6) is -2.74. The summed E-state index contributed by atoms with van der Waals surface area (Å²) < 4.78 is 27.6. The molecule has 0 amide bonds. The van der Waals surface area contributed by atoms with E-state index >= 15 is 0 Å². The van der Waals surface area contributed by atoms with Crippen LogP contribution in [0.2, 0.25) is 0 Å². The first-order valence-corrected chi connectivity index (χ1v) is 6.02. The van der Waals surface area contributed by atoms with Crippen LogP contribution in [-0.2, 0) is 11.3 Å². The molecule has 3 heteroatoms. The topological polar surface area (TPSA) is 26.0 Å². The smallest absolute Gasteiger partial charge is 0.273 e. The lowest BCUT2D eigenvalue weighted by molar-refractivity contribution is -0.0141. The molecule has 0 aliphatic heterocycles. The Labute approximate surface area is 102 Å². The number of hydrogen-bond acceptors (Lipinski definition) is 1. The van der Waals surface area contributed by atoms with E-state index in [1.807, 2.05) is 19.9 Å². The third kappa shape index (κ3) is 3.25. The number of rotatable bonds is 5. The number of halogens is 2. The molecule has 0 aliphatic rings. The van der Waals surface area contributed by atoms with Crippen molar-refractivity contribution in [2.24, 2.45) is 5.73 Å². The van der Waals surface area contributed by atoms with Gasteiger partial charge in [0.1, 0.15) is 0 Å². The SMILES string of the molecule is CCCC(F)(F)c1cccc(C(C)(C)CN)c1. The average Bonchev–Trinajstić information content (AvgIpc) is 2.29. The molecular weight excluding hydrogens is 220 g/mol. The van der Waals surface area contributed by atoms with Gasteiger partial charge >= 0.3 is 0 Å². The van der Waals surface area contributed by atoms with Crippen molar-refractivity contribution in [2.45, 2.75) is 45.0 Å². The summed E-state index contributed by atoms with van der Waals surface area (Å²) >= 11 is 0. The van der Waals surface area contributed by atoms with Gasteiger partial charge < -0.3 is 5.73 Å². The number of nitrogens with two attached hydrogens (primary N) is 1. The lowest BCUT2D eigenvalue weighted by Gasteiger charge is -2.25. The van der Waals surface area contributed by atoms with Crippen LogP contribution in [0.1, 0.15) is 44.7 Å². The second kappa shape index (κ2) is 5.13. The molecular formula is C14H21F2N. The predicted octanol–water partition coefficient (Wildman–Crippen LogP) is 3.81. The Bertz CT molecular complexity index is 372. The molecule has 0 spiro atoms. The van der Waals surface area contributed by atoms with E-state index < -0.39 is 5.92 Å². The highest BCUT2D eigenvalue weighted by Crippen LogP contribution is 2.34. The van der Waals surface area contributed by atoms with E-state index in [4.69, 9.17) is 5.73 Å². The van der Waals surface area contributed by atoms with Crippen LogP contribution in [0.3, 0.4) is 0 Å². The molecule has 17 heavy (non-hydrogen) atoms. The van der Waals surface area contributed by atoms with Crippen LogP contribution in [0.5, 0.6) is 0 Å². The summed E-state index contributed by atoms with van der Waals surface area (Å²) in [4.78, 5) is 0. The Morgan fingerprint density at radius 3 is 2.29 bits per heavy atom. The Morgan fingerprint density at radius 1 is 1.18 bits per heavy atom. The highest BCUT2D eigenvalue weighted by Gasteiger charge is 2.31. The van der Waals surface area contributed by atoms with E-state index in [1.54, 1.807) is 19.1 Å². The maximum absolute atomic E-state index is 13.8. The summed E-state index contributed by atoms with van der Waals surface area (Å²) in [5.41, 5.74) is 6.37. The summed E-state index contributed by atoms with van der Waals surface area (Å²) in [5, 5.41) is 0. The van der Waals surface area contributed by atoms with Gasteiger partial charge in [0, 0.05) is 23.9 Å². The summed E-state index contributed by atoms with van der Waals surface area (Å²) in [6.07, 6.45) is 0.358. The van der Waals surface area contributed by atoms with Crippen molar-refractivity contribution >= 4 is 0 Å². The zero-order chi connectivity index (χ0) is 13.1. The monoisotopic (exact) mass is 241 g/mol. The Hall–Kier alpha value is -0.960. The van der Waals surface area contributed by atoms with Crippen LogP contribution < -0.4 is 5.73 Å². The van der Waals surface area contributed by atoms with Crippen LogP contribution in [0.15, 0.2) is 24.3 Å². The van der Waals surface area contributed by atoms with E-state index in [0.29, 0.717) is 13.0 Å². The molecule has 2 N–H and O–H groups in total. The molecule has 0 atom stereocenters. The average molecular weight is 241 g/mol. The zero-order valence-electron chi connectivity index (χ0n) is 10.8. The fraction of sp³-hybridized carbons (Fsp3) is 0.571. The van der Waals surface area contributed by atoms with Crippen molar-refractivity contribution in [1.82, 2.24) is 0 Å². The van der Waals surface area contributed by atoms with E-state index in [9.17, 15) is 8.78 Å². The normalized spacial score (nSPS) is 12.8. The minimum absolute atomic E-state index is 0.0957. The van der Waals surface area contributed by atoms with Gasteiger partial charge in [-0.05, 0) is 11.6 Å². The molecule has 0 radical (unpaired) electrons. The highest BCUT2D eigenvalue weighted by atomic mass is 19.3. The van der Waals surface area contributed by atoms with Crippen molar-refractivity contribution in [3.05, 3.63) is 35.4 Å². The molecule has 0 heterocycles. The fourth-order valence-electron chi connectivity index (χ4n) is 1.74. The van der Waals surface area contributed by atoms with Gasteiger partial charge in [0.15, 0.2) is 0 Å². The zero-order valence-corrected chi connectivity index (χ0v) is 10.8. The van der Waals surface area contributed by atoms with E-state index in [0.717, 1.165) is 5.56 Å². The van der Waals surface area contributed by atoms with E-state index in [2.05, 4.69) is 0 Å². The second-order valence-electron chi connectivity index (χ2n) is 5.12. The molecule has 0 saturated heterocycles. The lowest BCUT2D eigenvalue weighted by Crippen LogP contribution is -2.28. The Morgan fingerprint density at radius 2 is 1.76 bits per heavy atom. The van der Waals surface area contributed by atoms with Crippen molar-refractivity contribution in [3.8, 4) is 0 Å². The van der Waals surface area contributed by atoms with Crippen LogP contribution in [-0.4, -0.2) is 6.54 Å². The molecule has 0 fully saturated rings. The summed E-state index contributed by atoms with van der Waals surface area (Å²) in [6, 6.07) is 6.62. The van der Waals surface area contributed by atoms with Crippen molar-refractivity contribution in [1.29, 1.82) is 0 Å². The van der Waals surface area contributed by atoms with Gasteiger partial charge in [0.25, 0.3) is 5.92 Å². The highest BCUT2D eigenvalue weighted by molar-refractivity contribution is 5.31. The quantitative estimate of drug-likeness (QED) is 0.833. The largest absolute Gasteiger partial charge is 0.330 e. The van der Waals surface area contributed by atoms with Crippen LogP contribution in [0.4, 0.5) is 8.78 Å². The standard InChI is InChI=1S/C14H21F2N/c1-4-8-14(15,16)12-7-5-6-11(9-12)13(2,3)10-17/h5-7,9H,4,8,10,17H2,1-3H3. The number of hydrogen-bond donors (Lipinski definition) is 1. The Balaban J connectivity index is 3.09. The van der Waals surface area contributed by atoms with Gasteiger partial charge in [-0.2, -0.15) is 0 Å². The molecule has 0 saturated carbocycles. The Kier molecular flexibility index (Phi) is 4.26. The fourth-order valence-corrected chi connectivity index (χ4v) is 1.74. The molecule has 0 unspecified atom stereocenters. The van der Waals surface area contributed by atoms with Gasteiger partial charge in [-0.25, -0.2) is 8.78 Å². The summed E-state index contributed by atoms with van der Waals surface area (Å²) in [6.45, 7) is 6.13. The van der Waals surface area contributed by atoms with Gasteiger partial charge in [0.05, 0.1) is 0 Å². The number of benzene rings is 1. The van der Waals surface area contributed by atoms with Gasteiger partial charge in [0.2, 0.25) is 0 Å². The van der Waals surface area contributed by atoms with Gasteiger partial charge in [-0.15, -0.1) is 0 Å². The summed E-state index contributed by atoms with van der Waals surface area (Å²) in [7, 11) is 0. The molecule has 1 rings (SSSR count).